The van der Waals surface area contributed by atoms with Gasteiger partial charge in [-0.05, 0) is 42.2 Å². The van der Waals surface area contributed by atoms with Crippen molar-refractivity contribution in [2.75, 3.05) is 11.9 Å². The molecule has 0 spiro atoms. The Morgan fingerprint density at radius 2 is 2.11 bits per heavy atom. The minimum atomic E-state index is -0.334. The van der Waals surface area contributed by atoms with E-state index in [0.717, 1.165) is 30.7 Å². The van der Waals surface area contributed by atoms with Gasteiger partial charge in [-0.1, -0.05) is 27.2 Å². The number of nitrogens with one attached hydrogen (secondary N) is 1. The van der Waals surface area contributed by atoms with E-state index in [0.29, 0.717) is 6.61 Å². The number of anilines is 1. The van der Waals surface area contributed by atoms with Gasteiger partial charge in [0, 0.05) is 0 Å². The monoisotopic (exact) mass is 269 g/mol. The van der Waals surface area contributed by atoms with Gasteiger partial charge in [0.05, 0.1) is 6.61 Å². The van der Waals surface area contributed by atoms with Gasteiger partial charge < -0.3 is 4.74 Å². The summed E-state index contributed by atoms with van der Waals surface area (Å²) in [6.45, 7) is 6.79. The van der Waals surface area contributed by atoms with Crippen molar-refractivity contribution in [2.45, 2.75) is 52.9 Å². The minimum Gasteiger partial charge on any atom is -0.449 e. The van der Waals surface area contributed by atoms with Gasteiger partial charge in [-0.15, -0.1) is 11.3 Å². The van der Waals surface area contributed by atoms with E-state index in [2.05, 4.69) is 24.5 Å². The van der Waals surface area contributed by atoms with Crippen LogP contribution in [-0.2, 0) is 17.6 Å². The van der Waals surface area contributed by atoms with E-state index in [-0.39, 0.29) is 6.09 Å². The number of rotatable bonds is 7. The Morgan fingerprint density at radius 1 is 1.33 bits per heavy atom. The molecule has 0 saturated carbocycles. The topological polar surface area (TPSA) is 38.3 Å². The summed E-state index contributed by atoms with van der Waals surface area (Å²) >= 11 is 1.60. The van der Waals surface area contributed by atoms with Crippen molar-refractivity contribution >= 4 is 22.4 Å². The highest BCUT2D eigenvalue weighted by atomic mass is 32.1. The number of amides is 1. The van der Waals surface area contributed by atoms with Gasteiger partial charge in [-0.2, -0.15) is 0 Å². The Morgan fingerprint density at radius 3 is 2.72 bits per heavy atom. The zero-order chi connectivity index (χ0) is 13.4. The quantitative estimate of drug-likeness (QED) is 0.785. The Bertz CT molecular complexity index is 374. The van der Waals surface area contributed by atoms with Crippen LogP contribution in [0.1, 0.15) is 51.2 Å². The van der Waals surface area contributed by atoms with Crippen LogP contribution in [0.2, 0.25) is 0 Å². The maximum Gasteiger partial charge on any atom is 0.412 e. The van der Waals surface area contributed by atoms with Crippen LogP contribution in [0.15, 0.2) is 5.38 Å². The molecule has 18 heavy (non-hydrogen) atoms. The second kappa shape index (κ2) is 8.14. The van der Waals surface area contributed by atoms with Crippen LogP contribution < -0.4 is 5.32 Å². The number of ether oxygens (including phenoxy) is 1. The molecule has 1 aromatic rings. The van der Waals surface area contributed by atoms with E-state index in [9.17, 15) is 4.79 Å². The van der Waals surface area contributed by atoms with Gasteiger partial charge in [-0.3, -0.25) is 5.32 Å². The molecular weight excluding hydrogens is 246 g/mol. The summed E-state index contributed by atoms with van der Waals surface area (Å²) in [5.41, 5.74) is 2.64. The minimum absolute atomic E-state index is 0.334. The van der Waals surface area contributed by atoms with E-state index in [1.807, 2.05) is 6.92 Å². The van der Waals surface area contributed by atoms with Gasteiger partial charge in [0.1, 0.15) is 5.00 Å². The fraction of sp³-hybridized carbons (Fsp3) is 0.643. The summed E-state index contributed by atoms with van der Waals surface area (Å²) in [6.07, 6.45) is 4.88. The highest BCUT2D eigenvalue weighted by Gasteiger charge is 2.13. The van der Waals surface area contributed by atoms with Crippen LogP contribution in [0.5, 0.6) is 0 Å². The highest BCUT2D eigenvalue weighted by Crippen LogP contribution is 2.30. The van der Waals surface area contributed by atoms with Crippen molar-refractivity contribution in [1.29, 1.82) is 0 Å². The molecule has 0 atom stereocenters. The van der Waals surface area contributed by atoms with Crippen LogP contribution >= 0.6 is 11.3 Å². The molecule has 0 bridgehead atoms. The first-order valence-corrected chi connectivity index (χ1v) is 7.63. The fourth-order valence-electron chi connectivity index (χ4n) is 1.77. The van der Waals surface area contributed by atoms with Crippen molar-refractivity contribution in [1.82, 2.24) is 0 Å². The average Bonchev–Trinajstić information content (AvgIpc) is 2.76. The van der Waals surface area contributed by atoms with Crippen molar-refractivity contribution in [3.63, 3.8) is 0 Å². The molecule has 0 radical (unpaired) electrons. The standard InChI is InChI=1S/C14H23NO2S/c1-4-7-8-12-11(6-3)10-18-13(12)15-14(16)17-9-5-2/h10H,4-9H2,1-3H3,(H,15,16). The number of hydrogen-bond acceptors (Lipinski definition) is 3. The molecule has 0 aliphatic carbocycles. The molecule has 0 unspecified atom stereocenters. The summed E-state index contributed by atoms with van der Waals surface area (Å²) in [4.78, 5) is 11.6. The molecule has 1 N–H and O–H groups in total. The first-order chi connectivity index (χ1) is 8.72. The highest BCUT2D eigenvalue weighted by molar-refractivity contribution is 7.14. The van der Waals surface area contributed by atoms with Crippen LogP contribution in [0, 0.1) is 0 Å². The maximum absolute atomic E-state index is 11.6. The van der Waals surface area contributed by atoms with Gasteiger partial charge >= 0.3 is 6.09 Å². The molecule has 1 amide bonds. The zero-order valence-corrected chi connectivity index (χ0v) is 12.4. The van der Waals surface area contributed by atoms with E-state index in [1.165, 1.54) is 17.5 Å². The average molecular weight is 269 g/mol. The number of carbonyl (C=O) groups excluding carboxylic acids is 1. The van der Waals surface area contributed by atoms with Crippen LogP contribution in [0.25, 0.3) is 0 Å². The fourth-order valence-corrected chi connectivity index (χ4v) is 2.86. The first kappa shape index (κ1) is 15.0. The summed E-state index contributed by atoms with van der Waals surface area (Å²) in [7, 11) is 0. The molecule has 0 aliphatic heterocycles. The van der Waals surface area contributed by atoms with Gasteiger partial charge in [-0.25, -0.2) is 4.79 Å². The Labute approximate surface area is 114 Å². The number of carbonyl (C=O) groups is 1. The smallest absolute Gasteiger partial charge is 0.412 e. The molecule has 1 rings (SSSR count). The predicted molar refractivity (Wildman–Crippen MR) is 77.6 cm³/mol. The number of hydrogen-bond donors (Lipinski definition) is 1. The van der Waals surface area contributed by atoms with Crippen molar-refractivity contribution in [3.05, 3.63) is 16.5 Å². The van der Waals surface area contributed by atoms with Crippen molar-refractivity contribution in [3.8, 4) is 0 Å². The number of aryl methyl sites for hydroxylation is 1. The molecule has 3 nitrogen and oxygen atoms in total. The SMILES string of the molecule is CCCCc1c(CC)csc1NC(=O)OCCC. The predicted octanol–water partition coefficient (Wildman–Crippen LogP) is 4.61. The third-order valence-electron chi connectivity index (χ3n) is 2.79. The third-order valence-corrected chi connectivity index (χ3v) is 3.78. The number of thiophene rings is 1. The van der Waals surface area contributed by atoms with E-state index >= 15 is 0 Å². The summed E-state index contributed by atoms with van der Waals surface area (Å²) < 4.78 is 5.05. The van der Waals surface area contributed by atoms with Gasteiger partial charge in [0.2, 0.25) is 0 Å². The Kier molecular flexibility index (Phi) is 6.80. The van der Waals surface area contributed by atoms with Crippen molar-refractivity contribution < 1.29 is 9.53 Å². The second-order valence-corrected chi connectivity index (χ2v) is 5.17. The summed E-state index contributed by atoms with van der Waals surface area (Å²) in [6, 6.07) is 0. The van der Waals surface area contributed by atoms with E-state index < -0.39 is 0 Å². The van der Waals surface area contributed by atoms with Crippen molar-refractivity contribution in [2.24, 2.45) is 0 Å². The molecule has 1 heterocycles. The Balaban J connectivity index is 2.68. The molecule has 102 valence electrons. The molecule has 1 aromatic heterocycles. The molecule has 4 heteroatoms. The zero-order valence-electron chi connectivity index (χ0n) is 11.5. The van der Waals surface area contributed by atoms with Crippen LogP contribution in [0.4, 0.5) is 9.80 Å². The molecular formula is C14H23NO2S. The second-order valence-electron chi connectivity index (χ2n) is 4.29. The molecule has 0 fully saturated rings. The molecule has 0 aliphatic rings. The lowest BCUT2D eigenvalue weighted by atomic mass is 10.0. The lowest BCUT2D eigenvalue weighted by Gasteiger charge is -2.08. The van der Waals surface area contributed by atoms with E-state index in [1.54, 1.807) is 11.3 Å². The van der Waals surface area contributed by atoms with Gasteiger partial charge in [0.25, 0.3) is 0 Å². The third kappa shape index (κ3) is 4.33. The van der Waals surface area contributed by atoms with E-state index in [4.69, 9.17) is 4.74 Å². The van der Waals surface area contributed by atoms with Gasteiger partial charge in [0.15, 0.2) is 0 Å². The lowest BCUT2D eigenvalue weighted by Crippen LogP contribution is -2.14. The number of unbranched alkanes of at least 4 members (excludes halogenated alkanes) is 1. The Hall–Kier alpha value is -1.03. The summed E-state index contributed by atoms with van der Waals surface area (Å²) in [5, 5.41) is 5.97. The summed E-state index contributed by atoms with van der Waals surface area (Å²) in [5.74, 6) is 0. The van der Waals surface area contributed by atoms with Crippen LogP contribution in [-0.4, -0.2) is 12.7 Å². The maximum atomic E-state index is 11.6. The lowest BCUT2D eigenvalue weighted by molar-refractivity contribution is 0.162. The molecule has 0 saturated heterocycles. The largest absolute Gasteiger partial charge is 0.449 e. The van der Waals surface area contributed by atoms with Crippen LogP contribution in [0.3, 0.4) is 0 Å². The normalized spacial score (nSPS) is 10.4. The first-order valence-electron chi connectivity index (χ1n) is 6.75. The molecule has 0 aromatic carbocycles.